The Hall–Kier alpha value is -0.0800. The van der Waals surface area contributed by atoms with Crippen molar-refractivity contribution in [2.75, 3.05) is 0 Å². The van der Waals surface area contributed by atoms with Crippen LogP contribution in [0.3, 0.4) is 0 Å². The molecule has 2 heteroatoms. The molecule has 0 radical (unpaired) electrons. The lowest BCUT2D eigenvalue weighted by molar-refractivity contribution is -0.217. The van der Waals surface area contributed by atoms with Crippen molar-refractivity contribution >= 4 is 0 Å². The van der Waals surface area contributed by atoms with Crippen LogP contribution in [0.25, 0.3) is 0 Å². The van der Waals surface area contributed by atoms with Gasteiger partial charge < -0.3 is 9.84 Å². The van der Waals surface area contributed by atoms with Gasteiger partial charge in [-0.25, -0.2) is 0 Å². The molecular weight excluding hydrogens is 152 g/mol. The summed E-state index contributed by atoms with van der Waals surface area (Å²) in [7, 11) is 0. The summed E-state index contributed by atoms with van der Waals surface area (Å²) in [5.41, 5.74) is 0. The van der Waals surface area contributed by atoms with Crippen LogP contribution in [0.5, 0.6) is 0 Å². The Kier molecular flexibility index (Phi) is 3.13. The van der Waals surface area contributed by atoms with Crippen molar-refractivity contribution in [2.24, 2.45) is 17.8 Å². The first kappa shape index (κ1) is 10.0. The number of ether oxygens (including phenoxy) is 1. The van der Waals surface area contributed by atoms with Crippen LogP contribution in [0.15, 0.2) is 0 Å². The smallest absolute Gasteiger partial charge is 0.157 e. The maximum atomic E-state index is 9.49. The summed E-state index contributed by atoms with van der Waals surface area (Å²) < 4.78 is 5.53. The van der Waals surface area contributed by atoms with Crippen molar-refractivity contribution in [1.82, 2.24) is 0 Å². The average molecular weight is 172 g/mol. The van der Waals surface area contributed by atoms with Gasteiger partial charge in [-0.1, -0.05) is 27.7 Å². The molecule has 1 saturated heterocycles. The lowest BCUT2D eigenvalue weighted by Gasteiger charge is -2.38. The predicted octanol–water partition coefficient (Wildman–Crippen LogP) is 2.02. The molecule has 1 heterocycles. The second kappa shape index (κ2) is 3.75. The first-order valence-electron chi connectivity index (χ1n) is 4.86. The highest BCUT2D eigenvalue weighted by atomic mass is 16.6. The Labute approximate surface area is 74.9 Å². The van der Waals surface area contributed by atoms with Gasteiger partial charge in [-0.2, -0.15) is 0 Å². The minimum atomic E-state index is -0.548. The number of hydrogen-bond donors (Lipinski definition) is 1. The average Bonchev–Trinajstić information content (AvgIpc) is 1.96. The van der Waals surface area contributed by atoms with Gasteiger partial charge in [0.1, 0.15) is 0 Å². The monoisotopic (exact) mass is 172 g/mol. The van der Waals surface area contributed by atoms with E-state index in [-0.39, 0.29) is 12.0 Å². The Morgan fingerprint density at radius 1 is 1.25 bits per heavy atom. The number of rotatable bonds is 1. The lowest BCUT2D eigenvalue weighted by Crippen LogP contribution is -2.41. The largest absolute Gasteiger partial charge is 0.368 e. The van der Waals surface area contributed by atoms with E-state index in [0.717, 1.165) is 6.42 Å². The van der Waals surface area contributed by atoms with Gasteiger partial charge in [0, 0.05) is 5.92 Å². The van der Waals surface area contributed by atoms with Crippen molar-refractivity contribution in [1.29, 1.82) is 0 Å². The predicted molar refractivity (Wildman–Crippen MR) is 48.7 cm³/mol. The van der Waals surface area contributed by atoms with E-state index in [1.54, 1.807) is 0 Å². The van der Waals surface area contributed by atoms with Crippen molar-refractivity contribution in [2.45, 2.75) is 46.5 Å². The maximum Gasteiger partial charge on any atom is 0.157 e. The van der Waals surface area contributed by atoms with Crippen LogP contribution in [0, 0.1) is 17.8 Å². The van der Waals surface area contributed by atoms with Crippen LogP contribution >= 0.6 is 0 Å². The number of aliphatic hydroxyl groups excluding tert-OH is 1. The Balaban J connectivity index is 2.55. The highest BCUT2D eigenvalue weighted by Gasteiger charge is 2.33. The normalized spacial score (nSPS) is 43.5. The zero-order valence-electron chi connectivity index (χ0n) is 8.45. The maximum absolute atomic E-state index is 9.49. The van der Waals surface area contributed by atoms with Crippen LogP contribution in [0.4, 0.5) is 0 Å². The van der Waals surface area contributed by atoms with E-state index in [0.29, 0.717) is 11.8 Å². The molecule has 0 bridgehead atoms. The third-order valence-corrected chi connectivity index (χ3v) is 2.74. The first-order valence-corrected chi connectivity index (χ1v) is 4.86. The summed E-state index contributed by atoms with van der Waals surface area (Å²) in [4.78, 5) is 0. The molecule has 1 aliphatic rings. The van der Waals surface area contributed by atoms with Gasteiger partial charge in [0.2, 0.25) is 0 Å². The topological polar surface area (TPSA) is 29.5 Å². The lowest BCUT2D eigenvalue weighted by atomic mass is 9.84. The fourth-order valence-corrected chi connectivity index (χ4v) is 2.08. The Bertz CT molecular complexity index is 145. The molecule has 0 spiro atoms. The Morgan fingerprint density at radius 2 is 1.83 bits per heavy atom. The zero-order chi connectivity index (χ0) is 9.30. The molecule has 4 atom stereocenters. The summed E-state index contributed by atoms with van der Waals surface area (Å²) in [6.07, 6.45) is 0.758. The molecule has 0 aromatic carbocycles. The SMILES string of the molecule is CC(C)C1OC(O)C(C)CC1C. The van der Waals surface area contributed by atoms with Crippen LogP contribution in [0.2, 0.25) is 0 Å². The molecule has 4 unspecified atom stereocenters. The fraction of sp³-hybridized carbons (Fsp3) is 1.00. The van der Waals surface area contributed by atoms with Crippen LogP contribution in [0.1, 0.15) is 34.1 Å². The van der Waals surface area contributed by atoms with E-state index >= 15 is 0 Å². The molecule has 0 amide bonds. The minimum absolute atomic E-state index is 0.233. The third kappa shape index (κ3) is 1.99. The summed E-state index contributed by atoms with van der Waals surface area (Å²) in [5, 5.41) is 9.49. The summed E-state index contributed by atoms with van der Waals surface area (Å²) in [6.45, 7) is 8.53. The van der Waals surface area contributed by atoms with Gasteiger partial charge in [0.25, 0.3) is 0 Å². The molecule has 1 aliphatic heterocycles. The van der Waals surface area contributed by atoms with E-state index in [1.165, 1.54) is 0 Å². The van der Waals surface area contributed by atoms with Gasteiger partial charge in [-0.3, -0.25) is 0 Å². The third-order valence-electron chi connectivity index (χ3n) is 2.74. The molecule has 0 aromatic rings. The van der Waals surface area contributed by atoms with Crippen molar-refractivity contribution < 1.29 is 9.84 Å². The Morgan fingerprint density at radius 3 is 2.33 bits per heavy atom. The molecule has 1 rings (SSSR count). The molecule has 0 aromatic heterocycles. The van der Waals surface area contributed by atoms with Gasteiger partial charge in [0.15, 0.2) is 6.29 Å². The summed E-state index contributed by atoms with van der Waals surface area (Å²) in [5.74, 6) is 1.36. The quantitative estimate of drug-likeness (QED) is 0.655. The first-order chi connectivity index (χ1) is 5.52. The summed E-state index contributed by atoms with van der Waals surface area (Å²) >= 11 is 0. The number of aliphatic hydroxyl groups is 1. The van der Waals surface area contributed by atoms with Gasteiger partial charge >= 0.3 is 0 Å². The highest BCUT2D eigenvalue weighted by Crippen LogP contribution is 2.31. The van der Waals surface area contributed by atoms with E-state index in [2.05, 4.69) is 20.8 Å². The van der Waals surface area contributed by atoms with E-state index in [4.69, 9.17) is 4.74 Å². The summed E-state index contributed by atoms with van der Waals surface area (Å²) in [6, 6.07) is 0. The van der Waals surface area contributed by atoms with E-state index < -0.39 is 6.29 Å². The van der Waals surface area contributed by atoms with Crippen LogP contribution in [-0.4, -0.2) is 17.5 Å². The molecule has 0 aliphatic carbocycles. The van der Waals surface area contributed by atoms with Crippen molar-refractivity contribution in [3.8, 4) is 0 Å². The van der Waals surface area contributed by atoms with Crippen LogP contribution < -0.4 is 0 Å². The molecule has 0 saturated carbocycles. The second-order valence-corrected chi connectivity index (χ2v) is 4.43. The second-order valence-electron chi connectivity index (χ2n) is 4.43. The molecule has 1 fully saturated rings. The van der Waals surface area contributed by atoms with E-state index in [1.807, 2.05) is 6.92 Å². The highest BCUT2D eigenvalue weighted by molar-refractivity contribution is 4.78. The zero-order valence-corrected chi connectivity index (χ0v) is 8.45. The van der Waals surface area contributed by atoms with Gasteiger partial charge in [-0.05, 0) is 18.3 Å². The molecule has 12 heavy (non-hydrogen) atoms. The standard InChI is InChI=1S/C10H20O2/c1-6(2)9-7(3)5-8(4)10(11)12-9/h6-11H,5H2,1-4H3. The minimum Gasteiger partial charge on any atom is -0.368 e. The van der Waals surface area contributed by atoms with Crippen LogP contribution in [-0.2, 0) is 4.74 Å². The van der Waals surface area contributed by atoms with Crippen molar-refractivity contribution in [3.05, 3.63) is 0 Å². The molecule has 72 valence electrons. The molecular formula is C10H20O2. The number of hydrogen-bond acceptors (Lipinski definition) is 2. The fourth-order valence-electron chi connectivity index (χ4n) is 2.08. The van der Waals surface area contributed by atoms with Gasteiger partial charge in [0.05, 0.1) is 6.10 Å². The molecule has 1 N–H and O–H groups in total. The van der Waals surface area contributed by atoms with E-state index in [9.17, 15) is 5.11 Å². The van der Waals surface area contributed by atoms with Gasteiger partial charge in [-0.15, -0.1) is 0 Å². The van der Waals surface area contributed by atoms with Crippen molar-refractivity contribution in [3.63, 3.8) is 0 Å². The molecule has 2 nitrogen and oxygen atoms in total.